The number of halogens is 1. The smallest absolute Gasteiger partial charge is 0.261 e. The third kappa shape index (κ3) is 3.34. The average Bonchev–Trinajstić information content (AvgIpc) is 2.47. The van der Waals surface area contributed by atoms with Crippen molar-refractivity contribution in [1.29, 1.82) is 0 Å². The van der Waals surface area contributed by atoms with Crippen molar-refractivity contribution >= 4 is 28.8 Å². The number of carbonyl (C=O) groups is 1. The van der Waals surface area contributed by atoms with E-state index in [1.54, 1.807) is 18.4 Å². The molecule has 0 radical (unpaired) electrons. The first kappa shape index (κ1) is 10.5. The minimum absolute atomic E-state index is 0.196. The molecule has 0 saturated heterocycles. The molecule has 1 atom stereocenters. The number of nitrogens with one attached hydrogen (secondary N) is 1. The highest BCUT2D eigenvalue weighted by Crippen LogP contribution is 2.18. The van der Waals surface area contributed by atoms with Crippen LogP contribution in [-0.2, 0) is 0 Å². The van der Waals surface area contributed by atoms with Crippen molar-refractivity contribution in [2.75, 3.05) is 6.54 Å². The zero-order valence-electron chi connectivity index (χ0n) is 7.08. The standard InChI is InChI=1S/C8H10ClNO2S/c1-5(11)3-10-8(12)7-2-6(9)4-13-7/h2,4-5,11H,3H2,1H3,(H,10,12)/t5-/m0/s1. The highest BCUT2D eigenvalue weighted by Gasteiger charge is 2.08. The summed E-state index contributed by atoms with van der Waals surface area (Å²) in [5.41, 5.74) is 0. The summed E-state index contributed by atoms with van der Waals surface area (Å²) >= 11 is 6.93. The van der Waals surface area contributed by atoms with Crippen LogP contribution in [0.3, 0.4) is 0 Å². The van der Waals surface area contributed by atoms with Crippen LogP contribution in [0.15, 0.2) is 11.4 Å². The van der Waals surface area contributed by atoms with Gasteiger partial charge >= 0.3 is 0 Å². The highest BCUT2D eigenvalue weighted by molar-refractivity contribution is 7.12. The van der Waals surface area contributed by atoms with Crippen LogP contribution < -0.4 is 5.32 Å². The Bertz CT molecular complexity index is 298. The number of hydrogen-bond acceptors (Lipinski definition) is 3. The van der Waals surface area contributed by atoms with Gasteiger partial charge in [0, 0.05) is 11.9 Å². The molecule has 13 heavy (non-hydrogen) atoms. The van der Waals surface area contributed by atoms with E-state index in [1.807, 2.05) is 0 Å². The van der Waals surface area contributed by atoms with Crippen LogP contribution in [0, 0.1) is 0 Å². The molecule has 1 rings (SSSR count). The molecule has 72 valence electrons. The molecule has 2 N–H and O–H groups in total. The third-order valence-electron chi connectivity index (χ3n) is 1.35. The number of amides is 1. The summed E-state index contributed by atoms with van der Waals surface area (Å²) in [6.45, 7) is 1.87. The van der Waals surface area contributed by atoms with Crippen molar-refractivity contribution < 1.29 is 9.90 Å². The van der Waals surface area contributed by atoms with E-state index < -0.39 is 6.10 Å². The normalized spacial score (nSPS) is 12.5. The summed E-state index contributed by atoms with van der Waals surface area (Å²) in [4.78, 5) is 11.9. The fourth-order valence-corrected chi connectivity index (χ4v) is 1.75. The third-order valence-corrected chi connectivity index (χ3v) is 2.63. The van der Waals surface area contributed by atoms with Crippen molar-refractivity contribution in [3.8, 4) is 0 Å². The molecular weight excluding hydrogens is 210 g/mol. The molecule has 0 saturated carbocycles. The number of carbonyl (C=O) groups excluding carboxylic acids is 1. The van der Waals surface area contributed by atoms with Gasteiger partial charge in [0.1, 0.15) is 0 Å². The number of hydrogen-bond donors (Lipinski definition) is 2. The van der Waals surface area contributed by atoms with E-state index in [1.165, 1.54) is 11.3 Å². The lowest BCUT2D eigenvalue weighted by molar-refractivity contribution is 0.0928. The molecule has 0 fully saturated rings. The lowest BCUT2D eigenvalue weighted by atomic mass is 10.4. The van der Waals surface area contributed by atoms with Crippen LogP contribution >= 0.6 is 22.9 Å². The number of aliphatic hydroxyl groups is 1. The van der Waals surface area contributed by atoms with Crippen molar-refractivity contribution in [1.82, 2.24) is 5.32 Å². The van der Waals surface area contributed by atoms with Crippen LogP contribution in [0.4, 0.5) is 0 Å². The van der Waals surface area contributed by atoms with Gasteiger partial charge in [0.05, 0.1) is 16.0 Å². The van der Waals surface area contributed by atoms with Gasteiger partial charge in [-0.05, 0) is 13.0 Å². The maximum Gasteiger partial charge on any atom is 0.261 e. The number of aliphatic hydroxyl groups excluding tert-OH is 1. The Morgan fingerprint density at radius 3 is 3.00 bits per heavy atom. The molecule has 0 aliphatic carbocycles. The van der Waals surface area contributed by atoms with Gasteiger partial charge in [-0.15, -0.1) is 11.3 Å². The molecule has 0 aliphatic heterocycles. The van der Waals surface area contributed by atoms with Gasteiger partial charge in [0.2, 0.25) is 0 Å². The van der Waals surface area contributed by atoms with Crippen molar-refractivity contribution in [3.05, 3.63) is 21.3 Å². The number of rotatable bonds is 3. The van der Waals surface area contributed by atoms with E-state index in [0.29, 0.717) is 9.90 Å². The Labute approximate surface area is 85.3 Å². The van der Waals surface area contributed by atoms with Crippen LogP contribution in [0.1, 0.15) is 16.6 Å². The Hall–Kier alpha value is -0.580. The minimum Gasteiger partial charge on any atom is -0.392 e. The van der Waals surface area contributed by atoms with Gasteiger partial charge in [-0.3, -0.25) is 4.79 Å². The second-order valence-electron chi connectivity index (χ2n) is 2.69. The largest absolute Gasteiger partial charge is 0.392 e. The molecular formula is C8H10ClNO2S. The predicted molar refractivity (Wildman–Crippen MR) is 53.3 cm³/mol. The molecule has 0 unspecified atom stereocenters. The summed E-state index contributed by atoms with van der Waals surface area (Å²) in [5.74, 6) is -0.196. The zero-order chi connectivity index (χ0) is 9.84. The maximum absolute atomic E-state index is 11.3. The van der Waals surface area contributed by atoms with Crippen molar-refractivity contribution in [2.24, 2.45) is 0 Å². The summed E-state index contributed by atoms with van der Waals surface area (Å²) in [7, 11) is 0. The number of thiophene rings is 1. The molecule has 0 aromatic carbocycles. The van der Waals surface area contributed by atoms with Crippen molar-refractivity contribution in [2.45, 2.75) is 13.0 Å². The van der Waals surface area contributed by atoms with Crippen LogP contribution in [0.25, 0.3) is 0 Å². The maximum atomic E-state index is 11.3. The van der Waals surface area contributed by atoms with Gasteiger partial charge in [0.25, 0.3) is 5.91 Å². The van der Waals surface area contributed by atoms with Gasteiger partial charge in [-0.2, -0.15) is 0 Å². The molecule has 1 aromatic rings. The zero-order valence-corrected chi connectivity index (χ0v) is 8.65. The Morgan fingerprint density at radius 1 is 1.85 bits per heavy atom. The predicted octanol–water partition coefficient (Wildman–Crippen LogP) is 1.51. The van der Waals surface area contributed by atoms with Gasteiger partial charge in [0.15, 0.2) is 0 Å². The first-order valence-corrected chi connectivity index (χ1v) is 5.05. The SMILES string of the molecule is C[C@H](O)CNC(=O)c1cc(Cl)cs1. The fourth-order valence-electron chi connectivity index (χ4n) is 0.760. The van der Waals surface area contributed by atoms with E-state index in [0.717, 1.165) is 0 Å². The van der Waals surface area contributed by atoms with Crippen LogP contribution in [-0.4, -0.2) is 23.7 Å². The Balaban J connectivity index is 2.49. The summed E-state index contributed by atoms with van der Waals surface area (Å²) < 4.78 is 0. The molecule has 1 aromatic heterocycles. The Morgan fingerprint density at radius 2 is 2.54 bits per heavy atom. The topological polar surface area (TPSA) is 49.3 Å². The molecule has 5 heteroatoms. The van der Waals surface area contributed by atoms with Crippen LogP contribution in [0.2, 0.25) is 5.02 Å². The highest BCUT2D eigenvalue weighted by atomic mass is 35.5. The molecule has 0 aliphatic rings. The lowest BCUT2D eigenvalue weighted by Crippen LogP contribution is -2.29. The summed E-state index contributed by atoms with van der Waals surface area (Å²) in [6.07, 6.45) is -0.528. The monoisotopic (exact) mass is 219 g/mol. The summed E-state index contributed by atoms with van der Waals surface area (Å²) in [6, 6.07) is 1.60. The molecule has 0 spiro atoms. The van der Waals surface area contributed by atoms with Crippen LogP contribution in [0.5, 0.6) is 0 Å². The Kier molecular flexibility index (Phi) is 3.71. The van der Waals surface area contributed by atoms with E-state index in [2.05, 4.69) is 5.32 Å². The van der Waals surface area contributed by atoms with Gasteiger partial charge in [-0.25, -0.2) is 0 Å². The van der Waals surface area contributed by atoms with E-state index in [9.17, 15) is 4.79 Å². The lowest BCUT2D eigenvalue weighted by Gasteiger charge is -2.04. The quantitative estimate of drug-likeness (QED) is 0.810. The molecule has 0 bridgehead atoms. The van der Waals surface area contributed by atoms with E-state index >= 15 is 0 Å². The van der Waals surface area contributed by atoms with E-state index in [-0.39, 0.29) is 12.5 Å². The van der Waals surface area contributed by atoms with Gasteiger partial charge < -0.3 is 10.4 Å². The molecule has 1 amide bonds. The molecule has 1 heterocycles. The summed E-state index contributed by atoms with van der Waals surface area (Å²) in [5, 5.41) is 13.7. The second-order valence-corrected chi connectivity index (χ2v) is 4.04. The second kappa shape index (κ2) is 4.60. The minimum atomic E-state index is -0.528. The first-order chi connectivity index (χ1) is 6.09. The van der Waals surface area contributed by atoms with E-state index in [4.69, 9.17) is 16.7 Å². The molecule has 3 nitrogen and oxygen atoms in total. The average molecular weight is 220 g/mol. The fraction of sp³-hybridized carbons (Fsp3) is 0.375. The first-order valence-electron chi connectivity index (χ1n) is 3.80. The van der Waals surface area contributed by atoms with Gasteiger partial charge in [-0.1, -0.05) is 11.6 Å². The van der Waals surface area contributed by atoms with Crippen molar-refractivity contribution in [3.63, 3.8) is 0 Å².